The Morgan fingerprint density at radius 1 is 1.21 bits per heavy atom. The summed E-state index contributed by atoms with van der Waals surface area (Å²) in [6.45, 7) is 5.98. The summed E-state index contributed by atoms with van der Waals surface area (Å²) < 4.78 is 8.79. The van der Waals surface area contributed by atoms with Gasteiger partial charge in [0.2, 0.25) is 5.91 Å². The molecule has 0 N–H and O–H groups in total. The number of nitrogens with zero attached hydrogens (tertiary/aromatic N) is 2. The van der Waals surface area contributed by atoms with Crippen molar-refractivity contribution in [1.82, 2.24) is 4.57 Å². The van der Waals surface area contributed by atoms with E-state index in [1.807, 2.05) is 26.0 Å². The molecule has 3 aromatic rings. The van der Waals surface area contributed by atoms with E-state index in [9.17, 15) is 4.79 Å². The van der Waals surface area contributed by atoms with Crippen LogP contribution >= 0.6 is 11.3 Å². The second-order valence-corrected chi connectivity index (χ2v) is 6.60. The van der Waals surface area contributed by atoms with E-state index in [0.29, 0.717) is 26.2 Å². The maximum absolute atomic E-state index is 12.0. The molecule has 24 heavy (non-hydrogen) atoms. The number of carbonyl (C=O) groups is 1. The van der Waals surface area contributed by atoms with Gasteiger partial charge in [-0.2, -0.15) is 4.99 Å². The van der Waals surface area contributed by atoms with E-state index in [1.165, 1.54) is 15.5 Å². The van der Waals surface area contributed by atoms with Crippen LogP contribution in [0.4, 0.5) is 0 Å². The molecule has 0 fully saturated rings. The van der Waals surface area contributed by atoms with Crippen molar-refractivity contribution in [3.05, 3.63) is 41.2 Å². The molecule has 2 aromatic carbocycles. The van der Waals surface area contributed by atoms with Crippen LogP contribution in [0.1, 0.15) is 26.7 Å². The number of fused-ring (bicyclic) bond motifs is 3. The number of thiazole rings is 1. The van der Waals surface area contributed by atoms with Gasteiger partial charge in [0.25, 0.3) is 0 Å². The van der Waals surface area contributed by atoms with Gasteiger partial charge in [-0.1, -0.05) is 48.6 Å². The highest BCUT2D eigenvalue weighted by Gasteiger charge is 2.10. The Morgan fingerprint density at radius 2 is 2.04 bits per heavy atom. The van der Waals surface area contributed by atoms with Crippen LogP contribution in [0.2, 0.25) is 0 Å². The molecule has 0 spiro atoms. The lowest BCUT2D eigenvalue weighted by atomic mass is 10.1. The summed E-state index contributed by atoms with van der Waals surface area (Å²) in [6, 6.07) is 12.6. The summed E-state index contributed by atoms with van der Waals surface area (Å²) in [4.78, 5) is 17.2. The SMILES string of the molecule is CCCC(=O)N=c1sc2c3ccccc3ccc2n1CCOCC. The van der Waals surface area contributed by atoms with Crippen molar-refractivity contribution in [2.24, 2.45) is 4.99 Å². The highest BCUT2D eigenvalue weighted by atomic mass is 32.1. The number of hydrogen-bond donors (Lipinski definition) is 0. The summed E-state index contributed by atoms with van der Waals surface area (Å²) in [5.41, 5.74) is 1.11. The average molecular weight is 342 g/mol. The lowest BCUT2D eigenvalue weighted by molar-refractivity contribution is -0.118. The Bertz CT molecular complexity index is 924. The van der Waals surface area contributed by atoms with Crippen LogP contribution in [0.5, 0.6) is 0 Å². The Morgan fingerprint density at radius 3 is 2.83 bits per heavy atom. The molecule has 4 nitrogen and oxygen atoms in total. The minimum absolute atomic E-state index is 0.0569. The van der Waals surface area contributed by atoms with Crippen molar-refractivity contribution in [2.75, 3.05) is 13.2 Å². The first-order chi connectivity index (χ1) is 11.7. The number of aromatic nitrogens is 1. The third kappa shape index (κ3) is 3.42. The van der Waals surface area contributed by atoms with Crippen LogP contribution in [0.25, 0.3) is 21.0 Å². The molecule has 0 radical (unpaired) electrons. The number of hydrogen-bond acceptors (Lipinski definition) is 3. The quantitative estimate of drug-likeness (QED) is 0.633. The molecule has 1 heterocycles. The number of rotatable bonds is 6. The van der Waals surface area contributed by atoms with Gasteiger partial charge in [0, 0.05) is 25.0 Å². The van der Waals surface area contributed by atoms with Crippen molar-refractivity contribution in [3.63, 3.8) is 0 Å². The first-order valence-corrected chi connectivity index (χ1v) is 9.22. The molecule has 1 aromatic heterocycles. The van der Waals surface area contributed by atoms with Crippen molar-refractivity contribution in [1.29, 1.82) is 0 Å². The molecule has 5 heteroatoms. The Kier molecular flexibility index (Phi) is 5.43. The van der Waals surface area contributed by atoms with E-state index in [4.69, 9.17) is 4.74 Å². The molecule has 126 valence electrons. The standard InChI is InChI=1S/C19H22N2O2S/c1-3-7-17(22)20-19-21(12-13-23-4-2)16-11-10-14-8-5-6-9-15(14)18(16)24-19/h5-6,8-11H,3-4,7,12-13H2,1-2H3. The van der Waals surface area contributed by atoms with E-state index >= 15 is 0 Å². The van der Waals surface area contributed by atoms with Crippen LogP contribution in [0.15, 0.2) is 41.4 Å². The van der Waals surface area contributed by atoms with Gasteiger partial charge in [0.05, 0.1) is 16.8 Å². The van der Waals surface area contributed by atoms with Crippen LogP contribution in [-0.4, -0.2) is 23.7 Å². The molecule has 0 saturated carbocycles. The lowest BCUT2D eigenvalue weighted by Crippen LogP contribution is -2.19. The van der Waals surface area contributed by atoms with Gasteiger partial charge in [0.15, 0.2) is 4.80 Å². The third-order valence-corrected chi connectivity index (χ3v) is 5.05. The number of carbonyl (C=O) groups excluding carboxylic acids is 1. The topological polar surface area (TPSA) is 43.6 Å². The number of benzene rings is 2. The van der Waals surface area contributed by atoms with Gasteiger partial charge in [0.1, 0.15) is 0 Å². The van der Waals surface area contributed by atoms with Gasteiger partial charge in [-0.15, -0.1) is 0 Å². The predicted octanol–water partition coefficient (Wildman–Crippen LogP) is 4.12. The van der Waals surface area contributed by atoms with Gasteiger partial charge in [-0.3, -0.25) is 4.79 Å². The zero-order chi connectivity index (χ0) is 16.9. The maximum atomic E-state index is 12.0. The third-order valence-electron chi connectivity index (χ3n) is 3.92. The van der Waals surface area contributed by atoms with Crippen LogP contribution in [0, 0.1) is 0 Å². The molecule has 3 rings (SSSR count). The molecular weight excluding hydrogens is 320 g/mol. The fourth-order valence-electron chi connectivity index (χ4n) is 2.78. The Labute approximate surface area is 145 Å². The molecule has 1 amide bonds. The summed E-state index contributed by atoms with van der Waals surface area (Å²) in [7, 11) is 0. The molecular formula is C19H22N2O2S. The van der Waals surface area contributed by atoms with Gasteiger partial charge >= 0.3 is 0 Å². The number of ether oxygens (including phenoxy) is 1. The molecule has 0 aliphatic carbocycles. The average Bonchev–Trinajstić information content (AvgIpc) is 2.93. The number of amides is 1. The highest BCUT2D eigenvalue weighted by molar-refractivity contribution is 7.17. The molecule has 0 atom stereocenters. The zero-order valence-electron chi connectivity index (χ0n) is 14.1. The molecule has 0 bridgehead atoms. The summed E-state index contributed by atoms with van der Waals surface area (Å²) in [5, 5.41) is 2.41. The van der Waals surface area contributed by atoms with Crippen molar-refractivity contribution in [3.8, 4) is 0 Å². The highest BCUT2D eigenvalue weighted by Crippen LogP contribution is 2.27. The predicted molar refractivity (Wildman–Crippen MR) is 99.3 cm³/mol. The van der Waals surface area contributed by atoms with Crippen LogP contribution < -0.4 is 4.80 Å². The van der Waals surface area contributed by atoms with Gasteiger partial charge in [-0.05, 0) is 24.8 Å². The second kappa shape index (κ2) is 7.73. The van der Waals surface area contributed by atoms with Crippen LogP contribution in [-0.2, 0) is 16.1 Å². The molecule has 0 aliphatic heterocycles. The van der Waals surface area contributed by atoms with E-state index in [-0.39, 0.29) is 5.91 Å². The first-order valence-electron chi connectivity index (χ1n) is 8.41. The largest absolute Gasteiger partial charge is 0.380 e. The second-order valence-electron chi connectivity index (χ2n) is 5.62. The van der Waals surface area contributed by atoms with E-state index in [1.54, 1.807) is 11.3 Å². The monoisotopic (exact) mass is 342 g/mol. The zero-order valence-corrected chi connectivity index (χ0v) is 14.9. The summed E-state index contributed by atoms with van der Waals surface area (Å²) in [6.07, 6.45) is 1.30. The van der Waals surface area contributed by atoms with Crippen molar-refractivity contribution in [2.45, 2.75) is 33.2 Å². The van der Waals surface area contributed by atoms with Crippen LogP contribution in [0.3, 0.4) is 0 Å². The summed E-state index contributed by atoms with van der Waals surface area (Å²) in [5.74, 6) is -0.0569. The fraction of sp³-hybridized carbons (Fsp3) is 0.368. The van der Waals surface area contributed by atoms with E-state index in [0.717, 1.165) is 16.7 Å². The molecule has 0 aliphatic rings. The van der Waals surface area contributed by atoms with Crippen molar-refractivity contribution < 1.29 is 9.53 Å². The first kappa shape index (κ1) is 16.9. The molecule has 0 unspecified atom stereocenters. The minimum atomic E-state index is -0.0569. The molecule has 0 saturated heterocycles. The van der Waals surface area contributed by atoms with E-state index < -0.39 is 0 Å². The normalized spacial score (nSPS) is 12.3. The van der Waals surface area contributed by atoms with Crippen molar-refractivity contribution >= 4 is 38.2 Å². The minimum Gasteiger partial charge on any atom is -0.380 e. The summed E-state index contributed by atoms with van der Waals surface area (Å²) >= 11 is 1.59. The Hall–Kier alpha value is -1.98. The fourth-order valence-corrected chi connectivity index (χ4v) is 3.99. The van der Waals surface area contributed by atoms with E-state index in [2.05, 4.69) is 33.8 Å². The smallest absolute Gasteiger partial charge is 0.248 e. The van der Waals surface area contributed by atoms with Gasteiger partial charge < -0.3 is 9.30 Å². The lowest BCUT2D eigenvalue weighted by Gasteiger charge is -2.06. The van der Waals surface area contributed by atoms with Gasteiger partial charge in [-0.25, -0.2) is 0 Å². The maximum Gasteiger partial charge on any atom is 0.248 e. The Balaban J connectivity index is 2.18.